The van der Waals surface area contributed by atoms with Gasteiger partial charge in [0.2, 0.25) is 0 Å². The summed E-state index contributed by atoms with van der Waals surface area (Å²) in [6, 6.07) is 4.12. The molecule has 2 rings (SSSR count). The van der Waals surface area contributed by atoms with Crippen LogP contribution in [-0.4, -0.2) is 17.3 Å². The lowest BCUT2D eigenvalue weighted by Crippen LogP contribution is -1.93. The number of nitrogens with two attached hydrogens (primary N) is 1. The number of benzene rings is 1. The van der Waals surface area contributed by atoms with Gasteiger partial charge in [0.05, 0.1) is 12.8 Å². The topological polar surface area (TPSA) is 63.9 Å². The predicted octanol–water partition coefficient (Wildman–Crippen LogP) is 2.59. The van der Waals surface area contributed by atoms with E-state index in [1.54, 1.807) is 7.11 Å². The van der Waals surface area contributed by atoms with Crippen LogP contribution in [0.3, 0.4) is 0 Å². The summed E-state index contributed by atoms with van der Waals surface area (Å²) in [6.45, 7) is 6.04. The van der Waals surface area contributed by atoms with Gasteiger partial charge in [0.25, 0.3) is 0 Å². The van der Waals surface area contributed by atoms with Gasteiger partial charge in [0, 0.05) is 11.1 Å². The van der Waals surface area contributed by atoms with Crippen molar-refractivity contribution in [1.29, 1.82) is 0 Å². The molecule has 0 atom stereocenters. The van der Waals surface area contributed by atoms with Crippen LogP contribution >= 0.6 is 0 Å². The van der Waals surface area contributed by atoms with Gasteiger partial charge in [-0.2, -0.15) is 5.10 Å². The summed E-state index contributed by atoms with van der Waals surface area (Å²) in [5, 5.41) is 7.01. The van der Waals surface area contributed by atoms with Gasteiger partial charge < -0.3 is 10.5 Å². The van der Waals surface area contributed by atoms with E-state index in [2.05, 4.69) is 16.3 Å². The number of methoxy groups -OCH3 is 1. The predicted molar refractivity (Wildman–Crippen MR) is 69.2 cm³/mol. The summed E-state index contributed by atoms with van der Waals surface area (Å²) in [7, 11) is 1.68. The van der Waals surface area contributed by atoms with Gasteiger partial charge in [0.1, 0.15) is 11.6 Å². The van der Waals surface area contributed by atoms with Crippen molar-refractivity contribution >= 4 is 5.82 Å². The van der Waals surface area contributed by atoms with Gasteiger partial charge in [-0.25, -0.2) is 0 Å². The van der Waals surface area contributed by atoms with Gasteiger partial charge >= 0.3 is 0 Å². The Bertz CT molecular complexity index is 558. The summed E-state index contributed by atoms with van der Waals surface area (Å²) in [4.78, 5) is 0. The average Bonchev–Trinajstić information content (AvgIpc) is 2.63. The fourth-order valence-corrected chi connectivity index (χ4v) is 1.95. The van der Waals surface area contributed by atoms with E-state index in [-0.39, 0.29) is 0 Å². The number of nitrogens with zero attached hydrogens (tertiary/aromatic N) is 1. The maximum Gasteiger partial charge on any atom is 0.148 e. The molecule has 0 radical (unpaired) electrons. The molecular formula is C13H17N3O. The van der Waals surface area contributed by atoms with Gasteiger partial charge in [-0.3, -0.25) is 5.10 Å². The highest BCUT2D eigenvalue weighted by Gasteiger charge is 2.12. The molecular weight excluding hydrogens is 214 g/mol. The molecule has 3 N–H and O–H groups in total. The van der Waals surface area contributed by atoms with Crippen LogP contribution in [0.4, 0.5) is 5.82 Å². The van der Waals surface area contributed by atoms with Crippen molar-refractivity contribution in [3.05, 3.63) is 28.8 Å². The molecule has 0 unspecified atom stereocenters. The first kappa shape index (κ1) is 11.5. The monoisotopic (exact) mass is 231 g/mol. The van der Waals surface area contributed by atoms with E-state index in [0.717, 1.165) is 33.7 Å². The van der Waals surface area contributed by atoms with Crippen LogP contribution in [0.2, 0.25) is 0 Å². The molecule has 1 heterocycles. The number of aryl methyl sites for hydroxylation is 2. The number of aromatic amines is 1. The number of rotatable bonds is 2. The van der Waals surface area contributed by atoms with Gasteiger partial charge in [-0.15, -0.1) is 0 Å². The van der Waals surface area contributed by atoms with Crippen LogP contribution < -0.4 is 10.5 Å². The number of nitrogen functional groups attached to an aromatic ring is 1. The Morgan fingerprint density at radius 2 is 1.88 bits per heavy atom. The Labute approximate surface area is 101 Å². The van der Waals surface area contributed by atoms with E-state index >= 15 is 0 Å². The molecule has 0 saturated heterocycles. The summed E-state index contributed by atoms with van der Waals surface area (Å²) in [6.07, 6.45) is 0. The van der Waals surface area contributed by atoms with E-state index in [9.17, 15) is 0 Å². The lowest BCUT2D eigenvalue weighted by Gasteiger charge is -2.10. The van der Waals surface area contributed by atoms with Crippen LogP contribution in [0.1, 0.15) is 16.7 Å². The van der Waals surface area contributed by atoms with E-state index in [0.29, 0.717) is 5.82 Å². The van der Waals surface area contributed by atoms with E-state index in [4.69, 9.17) is 10.5 Å². The summed E-state index contributed by atoms with van der Waals surface area (Å²) in [5.41, 5.74) is 11.1. The van der Waals surface area contributed by atoms with Crippen molar-refractivity contribution in [3.63, 3.8) is 0 Å². The molecule has 0 aliphatic carbocycles. The number of hydrogen-bond donors (Lipinski definition) is 2. The molecule has 1 aromatic carbocycles. The van der Waals surface area contributed by atoms with Crippen LogP contribution in [0.15, 0.2) is 12.1 Å². The second-order valence-electron chi connectivity index (χ2n) is 4.25. The summed E-state index contributed by atoms with van der Waals surface area (Å²) in [5.74, 6) is 1.45. The lowest BCUT2D eigenvalue weighted by molar-refractivity contribution is 0.411. The fourth-order valence-electron chi connectivity index (χ4n) is 1.95. The zero-order chi connectivity index (χ0) is 12.6. The third-order valence-corrected chi connectivity index (χ3v) is 3.06. The highest BCUT2D eigenvalue weighted by atomic mass is 16.5. The normalized spacial score (nSPS) is 10.6. The average molecular weight is 231 g/mol. The van der Waals surface area contributed by atoms with Crippen LogP contribution in [0, 0.1) is 20.8 Å². The lowest BCUT2D eigenvalue weighted by atomic mass is 10.00. The molecule has 1 aromatic heterocycles. The second-order valence-corrected chi connectivity index (χ2v) is 4.25. The molecule has 4 nitrogen and oxygen atoms in total. The molecule has 0 saturated carbocycles. The van der Waals surface area contributed by atoms with E-state index < -0.39 is 0 Å². The Hall–Kier alpha value is -1.97. The maximum atomic E-state index is 5.76. The summed E-state index contributed by atoms with van der Waals surface area (Å²) < 4.78 is 5.30. The molecule has 0 aliphatic heterocycles. The first-order chi connectivity index (χ1) is 8.04. The molecule has 4 heteroatoms. The molecule has 0 aliphatic rings. The Morgan fingerprint density at radius 1 is 1.18 bits per heavy atom. The minimum atomic E-state index is 0.549. The number of H-pyrrole nitrogens is 1. The van der Waals surface area contributed by atoms with Gasteiger partial charge in [0.15, 0.2) is 0 Å². The highest BCUT2D eigenvalue weighted by molar-refractivity contribution is 5.72. The smallest absolute Gasteiger partial charge is 0.148 e. The minimum absolute atomic E-state index is 0.549. The van der Waals surface area contributed by atoms with Gasteiger partial charge in [-0.05, 0) is 44.0 Å². The number of aromatic nitrogens is 2. The van der Waals surface area contributed by atoms with Crippen molar-refractivity contribution in [3.8, 4) is 17.0 Å². The maximum absolute atomic E-state index is 5.76. The molecule has 17 heavy (non-hydrogen) atoms. The van der Waals surface area contributed by atoms with Crippen molar-refractivity contribution in [1.82, 2.24) is 10.2 Å². The highest BCUT2D eigenvalue weighted by Crippen LogP contribution is 2.31. The minimum Gasteiger partial charge on any atom is -0.496 e. The standard InChI is InChI=1S/C13H17N3O/c1-7-6-11(17-4)8(2)5-10(7)12-9(3)13(14)16-15-12/h5-6H,1-4H3,(H3,14,15,16). The Kier molecular flexibility index (Phi) is 2.79. The van der Waals surface area contributed by atoms with Crippen molar-refractivity contribution in [2.24, 2.45) is 0 Å². The molecule has 90 valence electrons. The Morgan fingerprint density at radius 3 is 2.41 bits per heavy atom. The first-order valence-corrected chi connectivity index (χ1v) is 5.50. The quantitative estimate of drug-likeness (QED) is 0.835. The Balaban J connectivity index is 2.60. The third kappa shape index (κ3) is 1.86. The van der Waals surface area contributed by atoms with Crippen molar-refractivity contribution in [2.75, 3.05) is 12.8 Å². The third-order valence-electron chi connectivity index (χ3n) is 3.06. The van der Waals surface area contributed by atoms with Crippen molar-refractivity contribution < 1.29 is 4.74 Å². The van der Waals surface area contributed by atoms with Crippen molar-refractivity contribution in [2.45, 2.75) is 20.8 Å². The van der Waals surface area contributed by atoms with E-state index in [1.807, 2.05) is 26.8 Å². The zero-order valence-corrected chi connectivity index (χ0v) is 10.6. The molecule has 2 aromatic rings. The molecule has 0 spiro atoms. The SMILES string of the molecule is COc1cc(C)c(-c2[nH]nc(N)c2C)cc1C. The largest absolute Gasteiger partial charge is 0.496 e. The number of ether oxygens (including phenoxy) is 1. The fraction of sp³-hybridized carbons (Fsp3) is 0.308. The van der Waals surface area contributed by atoms with E-state index in [1.165, 1.54) is 0 Å². The first-order valence-electron chi connectivity index (χ1n) is 5.50. The molecule has 0 bridgehead atoms. The number of anilines is 1. The number of hydrogen-bond acceptors (Lipinski definition) is 3. The molecule has 0 amide bonds. The zero-order valence-electron chi connectivity index (χ0n) is 10.6. The number of nitrogens with one attached hydrogen (secondary N) is 1. The summed E-state index contributed by atoms with van der Waals surface area (Å²) >= 11 is 0. The molecule has 0 fully saturated rings. The second kappa shape index (κ2) is 4.13. The van der Waals surface area contributed by atoms with Crippen LogP contribution in [0.25, 0.3) is 11.3 Å². The van der Waals surface area contributed by atoms with Gasteiger partial charge in [-0.1, -0.05) is 0 Å². The van der Waals surface area contributed by atoms with Crippen LogP contribution in [-0.2, 0) is 0 Å². The van der Waals surface area contributed by atoms with Crippen LogP contribution in [0.5, 0.6) is 5.75 Å².